The smallest absolute Gasteiger partial charge is 0.462 e. The summed E-state index contributed by atoms with van der Waals surface area (Å²) in [6.45, 7) is 4.28. The molecule has 0 heterocycles. The molecule has 0 spiro atoms. The molecule has 0 aromatic heterocycles. The Kier molecular flexibility index (Phi) is 58.8. The molecule has 468 valence electrons. The molecule has 1 N–H and O–H groups in total. The molecule has 0 aromatic carbocycles. The zero-order valence-electron chi connectivity index (χ0n) is 53.2. The van der Waals surface area contributed by atoms with Crippen LogP contribution in [-0.4, -0.2) is 74.9 Å². The highest BCUT2D eigenvalue weighted by Crippen LogP contribution is 2.43. The van der Waals surface area contributed by atoms with Gasteiger partial charge in [-0.1, -0.05) is 263 Å². The van der Waals surface area contributed by atoms with Gasteiger partial charge in [-0.3, -0.25) is 18.6 Å². The maximum atomic E-state index is 12.8. The van der Waals surface area contributed by atoms with Gasteiger partial charge in [-0.25, -0.2) is 4.57 Å². The van der Waals surface area contributed by atoms with Crippen molar-refractivity contribution in [3.8, 4) is 0 Å². The summed E-state index contributed by atoms with van der Waals surface area (Å²) in [4.78, 5) is 35.7. The molecule has 2 atom stereocenters. The third-order valence-corrected chi connectivity index (χ3v) is 14.6. The molecule has 0 aliphatic carbocycles. The second-order valence-electron chi connectivity index (χ2n) is 22.8. The molecule has 0 aromatic rings. The summed E-state index contributed by atoms with van der Waals surface area (Å²) in [6.07, 6.45) is 89.7. The molecule has 0 amide bonds. The van der Waals surface area contributed by atoms with Crippen molar-refractivity contribution in [2.45, 2.75) is 264 Å². The second-order valence-corrected chi connectivity index (χ2v) is 24.2. The van der Waals surface area contributed by atoms with Crippen molar-refractivity contribution >= 4 is 19.8 Å². The lowest BCUT2D eigenvalue weighted by atomic mass is 10.0. The molecule has 10 heteroatoms. The normalized spacial score (nSPS) is 14.1. The molecular weight excluding hydrogens is 1040 g/mol. The summed E-state index contributed by atoms with van der Waals surface area (Å²) in [5, 5.41) is 0. The first-order valence-corrected chi connectivity index (χ1v) is 34.4. The number of phosphoric acid groups is 1. The Morgan fingerprint density at radius 1 is 0.390 bits per heavy atom. The summed E-state index contributed by atoms with van der Waals surface area (Å²) in [7, 11) is 1.46. The SMILES string of the molecule is CC/C=C\C/C=C\C/C=C\C/C=C\C/C=C\C/C=C\C/C=C\C/C=C\C/C=C\CCCCCCCCCCCCCCCC(=O)OC(COC(=O)CCCCCCCCC/C=C\C/C=C\CCCCC)COP(=O)(O)OCC[N+](C)(C)C. The molecule has 0 aliphatic heterocycles. The molecule has 2 unspecified atom stereocenters. The molecule has 0 rings (SSSR count). The lowest BCUT2D eigenvalue weighted by Crippen LogP contribution is -2.37. The van der Waals surface area contributed by atoms with Crippen LogP contribution in [0.5, 0.6) is 0 Å². The van der Waals surface area contributed by atoms with E-state index in [2.05, 4.69) is 148 Å². The topological polar surface area (TPSA) is 108 Å². The Bertz CT molecular complexity index is 1850. The fourth-order valence-electron chi connectivity index (χ4n) is 8.63. The Hall–Kier alpha value is -3.85. The van der Waals surface area contributed by atoms with Gasteiger partial charge in [-0.05, 0) is 116 Å². The van der Waals surface area contributed by atoms with Crippen LogP contribution < -0.4 is 0 Å². The van der Waals surface area contributed by atoms with Gasteiger partial charge in [-0.2, -0.15) is 0 Å². The van der Waals surface area contributed by atoms with Crippen molar-refractivity contribution in [2.24, 2.45) is 0 Å². The summed E-state index contributed by atoms with van der Waals surface area (Å²) >= 11 is 0. The van der Waals surface area contributed by atoms with E-state index in [-0.39, 0.29) is 32.0 Å². The quantitative estimate of drug-likeness (QED) is 0.0211. The van der Waals surface area contributed by atoms with Crippen LogP contribution in [0.1, 0.15) is 258 Å². The van der Waals surface area contributed by atoms with Crippen molar-refractivity contribution in [1.82, 2.24) is 0 Å². The van der Waals surface area contributed by atoms with E-state index in [1.54, 1.807) is 0 Å². The Morgan fingerprint density at radius 2 is 0.695 bits per heavy atom. The molecule has 0 aliphatic rings. The maximum Gasteiger partial charge on any atom is 0.472 e. The van der Waals surface area contributed by atoms with Gasteiger partial charge in [0.1, 0.15) is 19.8 Å². The van der Waals surface area contributed by atoms with Crippen LogP contribution in [0.3, 0.4) is 0 Å². The number of carbonyl (C=O) groups excluding carboxylic acids is 2. The number of hydrogen-bond donors (Lipinski definition) is 1. The number of rotatable bonds is 59. The van der Waals surface area contributed by atoms with E-state index in [0.29, 0.717) is 17.4 Å². The number of allylic oxidation sites excluding steroid dienone is 22. The Balaban J connectivity index is 4.05. The minimum atomic E-state index is -4.40. The van der Waals surface area contributed by atoms with Crippen LogP contribution in [0, 0.1) is 0 Å². The number of quaternary nitrogens is 1. The van der Waals surface area contributed by atoms with E-state index in [9.17, 15) is 19.0 Å². The molecular formula is C72H123NO8P+. The summed E-state index contributed by atoms with van der Waals surface area (Å²) < 4.78 is 34.6. The predicted octanol–water partition coefficient (Wildman–Crippen LogP) is 21.3. The van der Waals surface area contributed by atoms with E-state index in [0.717, 1.165) is 116 Å². The zero-order chi connectivity index (χ0) is 59.8. The van der Waals surface area contributed by atoms with Gasteiger partial charge in [0.25, 0.3) is 0 Å². The highest BCUT2D eigenvalue weighted by Gasteiger charge is 2.27. The largest absolute Gasteiger partial charge is 0.472 e. The predicted molar refractivity (Wildman–Crippen MR) is 353 cm³/mol. The molecule has 0 fully saturated rings. The first-order valence-electron chi connectivity index (χ1n) is 32.9. The van der Waals surface area contributed by atoms with Gasteiger partial charge in [0.15, 0.2) is 6.10 Å². The number of nitrogens with zero attached hydrogens (tertiary/aromatic N) is 1. The van der Waals surface area contributed by atoms with Crippen molar-refractivity contribution in [3.63, 3.8) is 0 Å². The monoisotopic (exact) mass is 1160 g/mol. The molecule has 9 nitrogen and oxygen atoms in total. The van der Waals surface area contributed by atoms with Crippen molar-refractivity contribution in [3.05, 3.63) is 134 Å². The second kappa shape index (κ2) is 61.7. The van der Waals surface area contributed by atoms with Gasteiger partial charge in [0.05, 0.1) is 27.7 Å². The standard InChI is InChI=1S/C72H122NO8P/c1-6-8-10-12-14-16-18-20-22-24-25-26-27-28-29-30-31-32-33-34-35-36-37-38-39-40-41-42-43-44-45-46-47-49-51-53-55-57-59-61-63-65-72(75)81-70(69-80-82(76,77)79-67-66-73(3,4)5)68-78-71(74)64-62-60-58-56-54-52-50-48-23-21-19-17-15-13-11-9-7-2/h8,10,14-17,20-23,25-26,28-29,31-32,34-35,37-38,40-41,70H,6-7,9,11-13,18-19,24,27,30,33,36,39,42-69H2,1-5H3/p+1/b10-8-,16-14-,17-15-,22-20-,23-21-,26-25-,29-28-,32-31-,35-34-,38-37-,41-40-. The zero-order valence-corrected chi connectivity index (χ0v) is 54.1. The molecule has 0 radical (unpaired) electrons. The fourth-order valence-corrected chi connectivity index (χ4v) is 9.37. The van der Waals surface area contributed by atoms with Crippen molar-refractivity contribution in [1.29, 1.82) is 0 Å². The van der Waals surface area contributed by atoms with Gasteiger partial charge in [0.2, 0.25) is 0 Å². The van der Waals surface area contributed by atoms with Gasteiger partial charge < -0.3 is 18.9 Å². The van der Waals surface area contributed by atoms with Gasteiger partial charge in [-0.15, -0.1) is 0 Å². The molecule has 82 heavy (non-hydrogen) atoms. The average molecular weight is 1160 g/mol. The summed E-state index contributed by atoms with van der Waals surface area (Å²) in [5.74, 6) is -0.810. The summed E-state index contributed by atoms with van der Waals surface area (Å²) in [5.41, 5.74) is 0. The van der Waals surface area contributed by atoms with E-state index >= 15 is 0 Å². The van der Waals surface area contributed by atoms with E-state index in [4.69, 9.17) is 18.5 Å². The van der Waals surface area contributed by atoms with Gasteiger partial charge >= 0.3 is 19.8 Å². The number of ether oxygens (including phenoxy) is 2. The molecule has 0 saturated heterocycles. The Labute approximate surface area is 504 Å². The number of phosphoric ester groups is 1. The van der Waals surface area contributed by atoms with E-state index in [1.807, 2.05) is 21.1 Å². The third kappa shape index (κ3) is 65.3. The van der Waals surface area contributed by atoms with E-state index < -0.39 is 26.5 Å². The lowest BCUT2D eigenvalue weighted by molar-refractivity contribution is -0.870. The first-order chi connectivity index (χ1) is 40.0. The van der Waals surface area contributed by atoms with Crippen LogP contribution in [-0.2, 0) is 32.7 Å². The fraction of sp³-hybridized carbons (Fsp3) is 0.667. The van der Waals surface area contributed by atoms with Crippen LogP contribution >= 0.6 is 7.82 Å². The number of carbonyl (C=O) groups is 2. The number of unbranched alkanes of at least 4 members (excludes halogenated alkanes) is 23. The first kappa shape index (κ1) is 78.1. The molecule has 0 bridgehead atoms. The van der Waals surface area contributed by atoms with Crippen molar-refractivity contribution < 1.29 is 42.1 Å². The molecule has 0 saturated carbocycles. The highest BCUT2D eigenvalue weighted by molar-refractivity contribution is 7.47. The van der Waals surface area contributed by atoms with Crippen LogP contribution in [0.25, 0.3) is 0 Å². The van der Waals surface area contributed by atoms with Gasteiger partial charge in [0, 0.05) is 12.8 Å². The average Bonchev–Trinajstić information content (AvgIpc) is 3.45. The number of hydrogen-bond acceptors (Lipinski definition) is 7. The Morgan fingerprint density at radius 3 is 1.04 bits per heavy atom. The number of likely N-dealkylation sites (N-methyl/N-ethyl adjacent to an activating group) is 1. The van der Waals surface area contributed by atoms with E-state index in [1.165, 1.54) is 109 Å². The van der Waals surface area contributed by atoms with Crippen LogP contribution in [0.15, 0.2) is 134 Å². The third-order valence-electron chi connectivity index (χ3n) is 13.7. The minimum absolute atomic E-state index is 0.0252. The lowest BCUT2D eigenvalue weighted by Gasteiger charge is -2.24. The van der Waals surface area contributed by atoms with Crippen LogP contribution in [0.4, 0.5) is 0 Å². The highest BCUT2D eigenvalue weighted by atomic mass is 31.2. The van der Waals surface area contributed by atoms with Crippen LogP contribution in [0.2, 0.25) is 0 Å². The van der Waals surface area contributed by atoms with Crippen molar-refractivity contribution in [2.75, 3.05) is 47.5 Å². The summed E-state index contributed by atoms with van der Waals surface area (Å²) in [6, 6.07) is 0. The minimum Gasteiger partial charge on any atom is -0.462 e. The number of esters is 2. The maximum absolute atomic E-state index is 12.8.